The van der Waals surface area contributed by atoms with Crippen LogP contribution in [0.3, 0.4) is 0 Å². The number of rotatable bonds is 7. The van der Waals surface area contributed by atoms with Gasteiger partial charge in [-0.3, -0.25) is 0 Å². The number of hydrogen-bond acceptors (Lipinski definition) is 4. The van der Waals surface area contributed by atoms with Crippen molar-refractivity contribution in [1.82, 2.24) is 5.32 Å². The van der Waals surface area contributed by atoms with Crippen LogP contribution in [0.1, 0.15) is 24.0 Å². The summed E-state index contributed by atoms with van der Waals surface area (Å²) in [6.45, 7) is 3.03. The fourth-order valence-electron chi connectivity index (χ4n) is 1.83. The molecule has 106 valence electrons. The van der Waals surface area contributed by atoms with Gasteiger partial charge in [0.2, 0.25) is 0 Å². The molecule has 1 N–H and O–H groups in total. The molecule has 0 heterocycles. The van der Waals surface area contributed by atoms with E-state index in [1.165, 1.54) is 24.7 Å². The van der Waals surface area contributed by atoms with E-state index in [0.29, 0.717) is 6.04 Å². The molecule has 1 aliphatic carbocycles. The molecule has 1 aromatic rings. The van der Waals surface area contributed by atoms with Gasteiger partial charge in [0, 0.05) is 24.4 Å². The summed E-state index contributed by atoms with van der Waals surface area (Å²) >= 11 is 0. The van der Waals surface area contributed by atoms with Crippen LogP contribution in [0.5, 0.6) is 5.75 Å². The Hall–Kier alpha value is -1.07. The van der Waals surface area contributed by atoms with Crippen molar-refractivity contribution < 1.29 is 13.2 Å². The molecular weight excluding hydrogens is 262 g/mol. The van der Waals surface area contributed by atoms with Crippen LogP contribution < -0.4 is 10.1 Å². The highest BCUT2D eigenvalue weighted by molar-refractivity contribution is 7.90. The molecule has 19 heavy (non-hydrogen) atoms. The second-order valence-electron chi connectivity index (χ2n) is 5.24. The predicted molar refractivity (Wildman–Crippen MR) is 76.2 cm³/mol. The normalized spacial score (nSPS) is 15.5. The zero-order valence-electron chi connectivity index (χ0n) is 11.5. The van der Waals surface area contributed by atoms with Crippen LogP contribution in [0.2, 0.25) is 0 Å². The van der Waals surface area contributed by atoms with Crippen LogP contribution in [0.15, 0.2) is 18.2 Å². The predicted octanol–water partition coefficient (Wildman–Crippen LogP) is 1.67. The molecule has 0 amide bonds. The van der Waals surface area contributed by atoms with Crippen molar-refractivity contribution in [2.24, 2.45) is 0 Å². The average Bonchev–Trinajstić information content (AvgIpc) is 3.11. The SMILES string of the molecule is Cc1ccc(OCCS(C)(=O)=O)c(CNC2CC2)c1. The van der Waals surface area contributed by atoms with Crippen LogP contribution in [-0.4, -0.2) is 33.1 Å². The minimum absolute atomic E-state index is 0.0520. The molecule has 1 aromatic carbocycles. The van der Waals surface area contributed by atoms with Gasteiger partial charge in [-0.2, -0.15) is 0 Å². The zero-order chi connectivity index (χ0) is 13.9. The van der Waals surface area contributed by atoms with Crippen molar-refractivity contribution in [2.45, 2.75) is 32.4 Å². The lowest BCUT2D eigenvalue weighted by Gasteiger charge is -2.12. The second kappa shape index (κ2) is 5.92. The highest BCUT2D eigenvalue weighted by atomic mass is 32.2. The highest BCUT2D eigenvalue weighted by Gasteiger charge is 2.20. The van der Waals surface area contributed by atoms with E-state index in [-0.39, 0.29) is 12.4 Å². The first-order chi connectivity index (χ1) is 8.94. The minimum Gasteiger partial charge on any atom is -0.492 e. The lowest BCUT2D eigenvalue weighted by molar-refractivity contribution is 0.336. The largest absolute Gasteiger partial charge is 0.492 e. The molecule has 0 unspecified atom stereocenters. The molecule has 0 aliphatic heterocycles. The van der Waals surface area contributed by atoms with Crippen molar-refractivity contribution in [3.63, 3.8) is 0 Å². The molecule has 0 radical (unpaired) electrons. The molecule has 0 atom stereocenters. The summed E-state index contributed by atoms with van der Waals surface area (Å²) in [5.74, 6) is 0.832. The first-order valence-electron chi connectivity index (χ1n) is 6.57. The van der Waals surface area contributed by atoms with E-state index in [2.05, 4.69) is 11.4 Å². The molecule has 1 saturated carbocycles. The van der Waals surface area contributed by atoms with Gasteiger partial charge in [0.1, 0.15) is 12.4 Å². The van der Waals surface area contributed by atoms with Gasteiger partial charge >= 0.3 is 0 Å². The van der Waals surface area contributed by atoms with Crippen molar-refractivity contribution in [3.05, 3.63) is 29.3 Å². The van der Waals surface area contributed by atoms with Gasteiger partial charge in [-0.15, -0.1) is 0 Å². The fraction of sp³-hybridized carbons (Fsp3) is 0.571. The van der Waals surface area contributed by atoms with Gasteiger partial charge < -0.3 is 10.1 Å². The van der Waals surface area contributed by atoms with Crippen LogP contribution in [0.25, 0.3) is 0 Å². The van der Waals surface area contributed by atoms with Crippen LogP contribution >= 0.6 is 0 Å². The number of ether oxygens (including phenoxy) is 1. The summed E-state index contributed by atoms with van der Waals surface area (Å²) in [4.78, 5) is 0. The van der Waals surface area contributed by atoms with E-state index in [1.54, 1.807) is 0 Å². The third-order valence-corrected chi connectivity index (χ3v) is 3.99. The molecule has 2 rings (SSSR count). The summed E-state index contributed by atoms with van der Waals surface area (Å²) in [6, 6.07) is 6.63. The lowest BCUT2D eigenvalue weighted by Crippen LogP contribution is -2.17. The van der Waals surface area contributed by atoms with Crippen LogP contribution in [0, 0.1) is 6.92 Å². The highest BCUT2D eigenvalue weighted by Crippen LogP contribution is 2.23. The second-order valence-corrected chi connectivity index (χ2v) is 7.50. The van der Waals surface area contributed by atoms with Gasteiger partial charge in [0.25, 0.3) is 0 Å². The molecule has 4 nitrogen and oxygen atoms in total. The summed E-state index contributed by atoms with van der Waals surface area (Å²) < 4.78 is 27.8. The first-order valence-corrected chi connectivity index (χ1v) is 8.63. The van der Waals surface area contributed by atoms with Gasteiger partial charge in [0.05, 0.1) is 5.75 Å². The summed E-state index contributed by atoms with van der Waals surface area (Å²) in [5, 5.41) is 3.45. The number of nitrogens with one attached hydrogen (secondary N) is 1. The standard InChI is InChI=1S/C14H21NO3S/c1-11-3-6-14(18-7-8-19(2,16)17)12(9-11)10-15-13-4-5-13/h3,6,9,13,15H,4-5,7-8,10H2,1-2H3. The Labute approximate surface area is 115 Å². The fourth-order valence-corrected chi connectivity index (χ4v) is 2.22. The van der Waals surface area contributed by atoms with Crippen molar-refractivity contribution in [3.8, 4) is 5.75 Å². The van der Waals surface area contributed by atoms with Crippen molar-refractivity contribution >= 4 is 9.84 Å². The molecule has 0 saturated heterocycles. The number of sulfone groups is 1. The van der Waals surface area contributed by atoms with E-state index < -0.39 is 9.84 Å². The van der Waals surface area contributed by atoms with Gasteiger partial charge in [0.15, 0.2) is 9.84 Å². The number of hydrogen-bond donors (Lipinski definition) is 1. The topological polar surface area (TPSA) is 55.4 Å². The average molecular weight is 283 g/mol. The quantitative estimate of drug-likeness (QED) is 0.827. The van der Waals surface area contributed by atoms with Gasteiger partial charge in [-0.05, 0) is 25.8 Å². The minimum atomic E-state index is -2.97. The molecule has 0 bridgehead atoms. The smallest absolute Gasteiger partial charge is 0.150 e. The third kappa shape index (κ3) is 5.20. The summed E-state index contributed by atoms with van der Waals surface area (Å²) in [6.07, 6.45) is 3.72. The van der Waals surface area contributed by atoms with Crippen molar-refractivity contribution in [2.75, 3.05) is 18.6 Å². The van der Waals surface area contributed by atoms with E-state index in [0.717, 1.165) is 17.9 Å². The molecule has 5 heteroatoms. The summed E-state index contributed by atoms with van der Waals surface area (Å²) in [7, 11) is -2.97. The Kier molecular flexibility index (Phi) is 4.47. The summed E-state index contributed by atoms with van der Waals surface area (Å²) in [5.41, 5.74) is 2.28. The monoisotopic (exact) mass is 283 g/mol. The number of aryl methyl sites for hydroxylation is 1. The first kappa shape index (κ1) is 14.3. The van der Waals surface area contributed by atoms with E-state index in [4.69, 9.17) is 4.74 Å². The maximum absolute atomic E-state index is 11.1. The molecule has 0 aromatic heterocycles. The van der Waals surface area contributed by atoms with Crippen LogP contribution in [0.4, 0.5) is 0 Å². The van der Waals surface area contributed by atoms with E-state index in [9.17, 15) is 8.42 Å². The Bertz CT molecular complexity index is 536. The molecular formula is C14H21NO3S. The third-order valence-electron chi connectivity index (χ3n) is 3.09. The van der Waals surface area contributed by atoms with Gasteiger partial charge in [-0.1, -0.05) is 17.7 Å². The zero-order valence-corrected chi connectivity index (χ0v) is 12.3. The maximum atomic E-state index is 11.1. The molecule has 0 spiro atoms. The Morgan fingerprint density at radius 1 is 1.37 bits per heavy atom. The maximum Gasteiger partial charge on any atom is 0.150 e. The lowest BCUT2D eigenvalue weighted by atomic mass is 10.1. The van der Waals surface area contributed by atoms with Crippen molar-refractivity contribution in [1.29, 1.82) is 0 Å². The Morgan fingerprint density at radius 2 is 2.11 bits per heavy atom. The van der Waals surface area contributed by atoms with Crippen LogP contribution in [-0.2, 0) is 16.4 Å². The Morgan fingerprint density at radius 3 is 2.74 bits per heavy atom. The molecule has 1 fully saturated rings. The Balaban J connectivity index is 1.96. The van der Waals surface area contributed by atoms with E-state index >= 15 is 0 Å². The molecule has 1 aliphatic rings. The number of benzene rings is 1. The van der Waals surface area contributed by atoms with Gasteiger partial charge in [-0.25, -0.2) is 8.42 Å². The van der Waals surface area contributed by atoms with E-state index in [1.807, 2.05) is 19.1 Å².